The van der Waals surface area contributed by atoms with Crippen LogP contribution < -0.4 is 20.9 Å². The van der Waals surface area contributed by atoms with Crippen LogP contribution in [0.3, 0.4) is 0 Å². The highest BCUT2D eigenvalue weighted by molar-refractivity contribution is 7.80. The summed E-state index contributed by atoms with van der Waals surface area (Å²) in [5, 5.41) is 3.62. The van der Waals surface area contributed by atoms with Gasteiger partial charge in [0.15, 0.2) is 5.11 Å². The topological polar surface area (TPSA) is 84.4 Å². The Balaban J connectivity index is 1.38. The van der Waals surface area contributed by atoms with Crippen LogP contribution in [0.25, 0.3) is 10.9 Å². The summed E-state index contributed by atoms with van der Waals surface area (Å²) in [7, 11) is 0. The van der Waals surface area contributed by atoms with Gasteiger partial charge in [-0.05, 0) is 60.4 Å². The standard InChI is InChI=1S/C25H30N4O3S/c1-2-3-4-5-8-17-32-21-13-11-20(12-14-21)24(31)26-25(33)28-27-23(30)18-29-16-15-19-9-6-7-10-22(19)29/h6-7,9-16H,2-5,8,17-18H2,1H3,(H,27,30)(H2,26,28,31,33). The zero-order chi connectivity index (χ0) is 23.5. The Bertz CT molecular complexity index is 1080. The number of para-hydroxylation sites is 1. The number of hydrazine groups is 1. The highest BCUT2D eigenvalue weighted by Gasteiger charge is 2.10. The van der Waals surface area contributed by atoms with Crippen molar-refractivity contribution in [2.75, 3.05) is 6.61 Å². The third-order valence-electron chi connectivity index (χ3n) is 5.17. The van der Waals surface area contributed by atoms with E-state index >= 15 is 0 Å². The second-order valence-corrected chi connectivity index (χ2v) is 8.15. The lowest BCUT2D eigenvalue weighted by atomic mass is 10.2. The van der Waals surface area contributed by atoms with E-state index in [2.05, 4.69) is 23.1 Å². The summed E-state index contributed by atoms with van der Waals surface area (Å²) in [5.41, 5.74) is 6.48. The minimum Gasteiger partial charge on any atom is -0.494 e. The minimum absolute atomic E-state index is 0.0121. The van der Waals surface area contributed by atoms with Gasteiger partial charge in [-0.3, -0.25) is 25.8 Å². The predicted molar refractivity (Wildman–Crippen MR) is 134 cm³/mol. The third kappa shape index (κ3) is 7.61. The first kappa shape index (κ1) is 24.3. The quantitative estimate of drug-likeness (QED) is 0.235. The van der Waals surface area contributed by atoms with Gasteiger partial charge in [-0.1, -0.05) is 50.8 Å². The van der Waals surface area contributed by atoms with E-state index in [1.54, 1.807) is 24.3 Å². The highest BCUT2D eigenvalue weighted by Crippen LogP contribution is 2.15. The van der Waals surface area contributed by atoms with E-state index in [9.17, 15) is 9.59 Å². The summed E-state index contributed by atoms with van der Waals surface area (Å²) >= 11 is 5.11. The fourth-order valence-corrected chi connectivity index (χ4v) is 3.55. The first-order chi connectivity index (χ1) is 16.1. The molecule has 3 aromatic rings. The molecule has 0 radical (unpaired) electrons. The molecule has 0 atom stereocenters. The molecule has 3 rings (SSSR count). The van der Waals surface area contributed by atoms with Crippen molar-refractivity contribution in [3.05, 3.63) is 66.4 Å². The zero-order valence-electron chi connectivity index (χ0n) is 18.8. The number of thiocarbonyl (C=S) groups is 1. The number of benzene rings is 2. The lowest BCUT2D eigenvalue weighted by molar-refractivity contribution is -0.122. The minimum atomic E-state index is -0.371. The second-order valence-electron chi connectivity index (χ2n) is 7.75. The number of hydrogen-bond acceptors (Lipinski definition) is 4. The molecular formula is C25H30N4O3S. The Hall–Kier alpha value is -3.39. The number of unbranched alkanes of at least 4 members (excludes halogenated alkanes) is 4. The van der Waals surface area contributed by atoms with Gasteiger partial charge in [0.05, 0.1) is 6.61 Å². The zero-order valence-corrected chi connectivity index (χ0v) is 19.6. The number of nitrogens with one attached hydrogen (secondary N) is 3. The first-order valence-corrected chi connectivity index (χ1v) is 11.6. The molecule has 0 saturated carbocycles. The monoisotopic (exact) mass is 466 g/mol. The fourth-order valence-electron chi connectivity index (χ4n) is 3.40. The lowest BCUT2D eigenvalue weighted by Crippen LogP contribution is -2.49. The summed E-state index contributed by atoms with van der Waals surface area (Å²) in [5.74, 6) is 0.0703. The highest BCUT2D eigenvalue weighted by atomic mass is 32.1. The van der Waals surface area contributed by atoms with E-state index < -0.39 is 0 Å². The first-order valence-electron chi connectivity index (χ1n) is 11.2. The van der Waals surface area contributed by atoms with Crippen LogP contribution in [-0.2, 0) is 11.3 Å². The summed E-state index contributed by atoms with van der Waals surface area (Å²) in [6.07, 6.45) is 7.75. The number of fused-ring (bicyclic) bond motifs is 1. The molecule has 0 unspecified atom stereocenters. The van der Waals surface area contributed by atoms with Crippen LogP contribution in [0.15, 0.2) is 60.8 Å². The van der Waals surface area contributed by atoms with Gasteiger partial charge in [-0.15, -0.1) is 0 Å². The Morgan fingerprint density at radius 1 is 0.939 bits per heavy atom. The summed E-state index contributed by atoms with van der Waals surface area (Å²) in [6, 6.07) is 16.6. The number of carbonyl (C=O) groups is 2. The van der Waals surface area contributed by atoms with Crippen molar-refractivity contribution >= 4 is 40.0 Å². The summed E-state index contributed by atoms with van der Waals surface area (Å²) < 4.78 is 7.55. The van der Waals surface area contributed by atoms with Crippen molar-refractivity contribution in [2.45, 2.75) is 45.6 Å². The largest absolute Gasteiger partial charge is 0.494 e. The Labute approximate surface area is 199 Å². The number of ether oxygens (including phenoxy) is 1. The van der Waals surface area contributed by atoms with Crippen molar-refractivity contribution in [3.8, 4) is 5.75 Å². The van der Waals surface area contributed by atoms with Gasteiger partial charge < -0.3 is 9.30 Å². The molecule has 0 spiro atoms. The smallest absolute Gasteiger partial charge is 0.258 e. The SMILES string of the molecule is CCCCCCCOc1ccc(C(=O)NC(=S)NNC(=O)Cn2ccc3ccccc32)cc1. The predicted octanol–water partition coefficient (Wildman–Crippen LogP) is 4.33. The van der Waals surface area contributed by atoms with Gasteiger partial charge >= 0.3 is 0 Å². The fraction of sp³-hybridized carbons (Fsp3) is 0.320. The second kappa shape index (κ2) is 12.6. The molecule has 0 aliphatic heterocycles. The van der Waals surface area contributed by atoms with Gasteiger partial charge in [-0.25, -0.2) is 0 Å². The Kier molecular flexibility index (Phi) is 9.26. The molecule has 0 aliphatic rings. The lowest BCUT2D eigenvalue weighted by Gasteiger charge is -2.12. The maximum absolute atomic E-state index is 12.4. The van der Waals surface area contributed by atoms with Crippen molar-refractivity contribution in [3.63, 3.8) is 0 Å². The van der Waals surface area contributed by atoms with Crippen LogP contribution in [0.5, 0.6) is 5.75 Å². The molecule has 1 aromatic heterocycles. The molecule has 1 heterocycles. The van der Waals surface area contributed by atoms with Crippen molar-refractivity contribution < 1.29 is 14.3 Å². The molecule has 0 saturated heterocycles. The van der Waals surface area contributed by atoms with Crippen LogP contribution in [0.2, 0.25) is 0 Å². The molecule has 0 aliphatic carbocycles. The summed E-state index contributed by atoms with van der Waals surface area (Å²) in [4.78, 5) is 24.6. The van der Waals surface area contributed by atoms with Crippen molar-refractivity contribution in [1.82, 2.24) is 20.7 Å². The maximum Gasteiger partial charge on any atom is 0.258 e. The maximum atomic E-state index is 12.4. The van der Waals surface area contributed by atoms with E-state index in [0.29, 0.717) is 12.2 Å². The van der Waals surface area contributed by atoms with E-state index in [0.717, 1.165) is 29.5 Å². The number of amides is 2. The number of carbonyl (C=O) groups excluding carboxylic acids is 2. The number of nitrogens with zero attached hydrogens (tertiary/aromatic N) is 1. The van der Waals surface area contributed by atoms with Crippen molar-refractivity contribution in [2.24, 2.45) is 0 Å². The molecule has 0 fully saturated rings. The molecule has 8 heteroatoms. The van der Waals surface area contributed by atoms with Gasteiger partial charge in [0.25, 0.3) is 11.8 Å². The van der Waals surface area contributed by atoms with Gasteiger partial charge in [0.1, 0.15) is 12.3 Å². The number of rotatable bonds is 10. The van der Waals surface area contributed by atoms with Crippen LogP contribution in [0.4, 0.5) is 0 Å². The van der Waals surface area contributed by atoms with Crippen LogP contribution in [0.1, 0.15) is 49.4 Å². The van der Waals surface area contributed by atoms with E-state index in [-0.39, 0.29) is 23.5 Å². The number of aromatic nitrogens is 1. The average Bonchev–Trinajstić information content (AvgIpc) is 3.23. The number of hydrogen-bond donors (Lipinski definition) is 3. The summed E-state index contributed by atoms with van der Waals surface area (Å²) in [6.45, 7) is 2.98. The van der Waals surface area contributed by atoms with Gasteiger partial charge in [-0.2, -0.15) is 0 Å². The van der Waals surface area contributed by atoms with E-state index in [1.807, 2.05) is 41.1 Å². The molecule has 7 nitrogen and oxygen atoms in total. The Morgan fingerprint density at radius 3 is 2.48 bits per heavy atom. The van der Waals surface area contributed by atoms with Crippen LogP contribution in [-0.4, -0.2) is 28.1 Å². The average molecular weight is 467 g/mol. The molecular weight excluding hydrogens is 436 g/mol. The van der Waals surface area contributed by atoms with Crippen molar-refractivity contribution in [1.29, 1.82) is 0 Å². The van der Waals surface area contributed by atoms with E-state index in [1.165, 1.54) is 19.3 Å². The molecule has 2 aromatic carbocycles. The van der Waals surface area contributed by atoms with E-state index in [4.69, 9.17) is 17.0 Å². The van der Waals surface area contributed by atoms with Crippen LogP contribution in [0, 0.1) is 0 Å². The molecule has 174 valence electrons. The van der Waals surface area contributed by atoms with Crippen LogP contribution >= 0.6 is 12.2 Å². The Morgan fingerprint density at radius 2 is 1.70 bits per heavy atom. The van der Waals surface area contributed by atoms with Gasteiger partial charge in [0.2, 0.25) is 0 Å². The normalized spacial score (nSPS) is 10.6. The van der Waals surface area contributed by atoms with Gasteiger partial charge in [0, 0.05) is 17.3 Å². The molecule has 2 amide bonds. The molecule has 33 heavy (non-hydrogen) atoms. The molecule has 3 N–H and O–H groups in total. The third-order valence-corrected chi connectivity index (χ3v) is 5.37. The molecule has 0 bridgehead atoms.